The number of piperazine rings is 1. The van der Waals surface area contributed by atoms with Crippen molar-refractivity contribution < 1.29 is 9.18 Å². The zero-order valence-electron chi connectivity index (χ0n) is 19.9. The molecule has 3 heterocycles. The molecular weight excluding hydrogens is 465 g/mol. The van der Waals surface area contributed by atoms with Crippen LogP contribution in [0.25, 0.3) is 22.3 Å². The standard InChI is InChI=1S/C27H29ClFN5O/c1-16(2)33-9-11-34(12-10-33)19-5-3-17(4-6-19)20-14-23(26(30)32-25(20)29)22-13-18-7-8-31-27(35)21(18)15-24(22)28/h3-6,13-16H,7-12H2,1-2H3,(H2,30,32)(H,31,35). The van der Waals surface area contributed by atoms with Gasteiger partial charge in [-0.25, -0.2) is 4.98 Å². The number of anilines is 2. The van der Waals surface area contributed by atoms with Crippen molar-refractivity contribution in [3.05, 3.63) is 64.6 Å². The Bertz CT molecular complexity index is 1270. The number of hydrogen-bond acceptors (Lipinski definition) is 5. The molecule has 1 fully saturated rings. The number of aromatic nitrogens is 1. The normalized spacial score (nSPS) is 16.4. The van der Waals surface area contributed by atoms with Crippen molar-refractivity contribution >= 4 is 29.0 Å². The van der Waals surface area contributed by atoms with Crippen molar-refractivity contribution in [2.24, 2.45) is 0 Å². The van der Waals surface area contributed by atoms with E-state index in [9.17, 15) is 9.18 Å². The predicted octanol–water partition coefficient (Wildman–Crippen LogP) is 4.61. The van der Waals surface area contributed by atoms with E-state index in [1.54, 1.807) is 12.1 Å². The molecule has 35 heavy (non-hydrogen) atoms. The van der Waals surface area contributed by atoms with Crippen LogP contribution in [-0.4, -0.2) is 54.6 Å². The number of nitrogen functional groups attached to an aromatic ring is 1. The van der Waals surface area contributed by atoms with Gasteiger partial charge in [0.05, 0.1) is 0 Å². The Kier molecular flexibility index (Phi) is 6.38. The number of fused-ring (bicyclic) bond motifs is 1. The average molecular weight is 494 g/mol. The molecule has 1 amide bonds. The Morgan fingerprint density at radius 2 is 1.71 bits per heavy atom. The number of nitrogens with zero attached hydrogens (tertiary/aromatic N) is 3. The second-order valence-corrected chi connectivity index (χ2v) is 9.83. The minimum absolute atomic E-state index is 0.0630. The van der Waals surface area contributed by atoms with E-state index in [0.29, 0.717) is 51.8 Å². The highest BCUT2D eigenvalue weighted by Gasteiger charge is 2.22. The van der Waals surface area contributed by atoms with E-state index in [4.69, 9.17) is 17.3 Å². The van der Waals surface area contributed by atoms with Crippen LogP contribution in [0.3, 0.4) is 0 Å². The third kappa shape index (κ3) is 4.58. The van der Waals surface area contributed by atoms with Gasteiger partial charge in [-0.05, 0) is 61.7 Å². The van der Waals surface area contributed by atoms with Gasteiger partial charge in [-0.3, -0.25) is 9.69 Å². The predicted molar refractivity (Wildman–Crippen MR) is 139 cm³/mol. The van der Waals surface area contributed by atoms with Gasteiger partial charge >= 0.3 is 0 Å². The van der Waals surface area contributed by atoms with Crippen LogP contribution in [0.1, 0.15) is 29.8 Å². The Morgan fingerprint density at radius 3 is 2.40 bits per heavy atom. The van der Waals surface area contributed by atoms with Crippen molar-refractivity contribution in [3.8, 4) is 22.3 Å². The lowest BCUT2D eigenvalue weighted by molar-refractivity contribution is 0.0946. The molecule has 0 unspecified atom stereocenters. The van der Waals surface area contributed by atoms with E-state index >= 15 is 0 Å². The van der Waals surface area contributed by atoms with E-state index < -0.39 is 5.95 Å². The van der Waals surface area contributed by atoms with Crippen LogP contribution < -0.4 is 16.0 Å². The van der Waals surface area contributed by atoms with Gasteiger partial charge in [-0.15, -0.1) is 0 Å². The van der Waals surface area contributed by atoms with Crippen molar-refractivity contribution in [1.29, 1.82) is 0 Å². The quantitative estimate of drug-likeness (QED) is 0.519. The van der Waals surface area contributed by atoms with E-state index in [-0.39, 0.29) is 11.7 Å². The molecule has 6 nitrogen and oxygen atoms in total. The Hall–Kier alpha value is -3.16. The number of carbonyl (C=O) groups excluding carboxylic acids is 1. The summed E-state index contributed by atoms with van der Waals surface area (Å²) >= 11 is 6.54. The first-order valence-corrected chi connectivity index (χ1v) is 12.4. The summed E-state index contributed by atoms with van der Waals surface area (Å²) in [5.41, 5.74) is 11.0. The molecule has 182 valence electrons. The maximum atomic E-state index is 14.9. The lowest BCUT2D eigenvalue weighted by Crippen LogP contribution is -2.48. The largest absolute Gasteiger partial charge is 0.383 e. The number of nitrogens with two attached hydrogens (primary N) is 1. The number of carbonyl (C=O) groups is 1. The van der Waals surface area contributed by atoms with Crippen molar-refractivity contribution in [3.63, 3.8) is 0 Å². The van der Waals surface area contributed by atoms with Crippen LogP contribution in [0.4, 0.5) is 15.9 Å². The second-order valence-electron chi connectivity index (χ2n) is 9.42. The molecular formula is C27H29ClFN5O. The summed E-state index contributed by atoms with van der Waals surface area (Å²) in [7, 11) is 0. The summed E-state index contributed by atoms with van der Waals surface area (Å²) < 4.78 is 14.9. The van der Waals surface area contributed by atoms with Gasteiger partial charge in [-0.1, -0.05) is 23.7 Å². The van der Waals surface area contributed by atoms with Crippen LogP contribution >= 0.6 is 11.6 Å². The smallest absolute Gasteiger partial charge is 0.251 e. The molecule has 0 saturated carbocycles. The summed E-state index contributed by atoms with van der Waals surface area (Å²) in [5.74, 6) is -0.706. The minimum Gasteiger partial charge on any atom is -0.383 e. The molecule has 2 aromatic carbocycles. The molecule has 3 N–H and O–H groups in total. The summed E-state index contributed by atoms with van der Waals surface area (Å²) in [4.78, 5) is 21.0. The number of amides is 1. The average Bonchev–Trinajstić information content (AvgIpc) is 2.85. The highest BCUT2D eigenvalue weighted by molar-refractivity contribution is 6.34. The number of benzene rings is 2. The SMILES string of the molecule is CC(C)N1CCN(c2ccc(-c3cc(-c4cc5c(cc4Cl)C(=O)NCC5)c(N)nc3F)cc2)CC1. The molecule has 0 bridgehead atoms. The fraction of sp³-hybridized carbons (Fsp3) is 0.333. The number of rotatable bonds is 4. The third-order valence-corrected chi connectivity index (χ3v) is 7.31. The molecule has 0 spiro atoms. The molecule has 3 aromatic rings. The minimum atomic E-state index is -0.627. The van der Waals surface area contributed by atoms with Gasteiger partial charge < -0.3 is 16.0 Å². The molecule has 5 rings (SSSR count). The van der Waals surface area contributed by atoms with Crippen molar-refractivity contribution in [2.75, 3.05) is 43.4 Å². The Labute approximate surface area is 209 Å². The van der Waals surface area contributed by atoms with Gasteiger partial charge in [0, 0.05) is 71.7 Å². The molecule has 1 saturated heterocycles. The fourth-order valence-corrected chi connectivity index (χ4v) is 5.18. The highest BCUT2D eigenvalue weighted by atomic mass is 35.5. The fourth-order valence-electron chi connectivity index (χ4n) is 4.92. The molecule has 0 radical (unpaired) electrons. The lowest BCUT2D eigenvalue weighted by atomic mass is 9.93. The van der Waals surface area contributed by atoms with Crippen LogP contribution in [-0.2, 0) is 6.42 Å². The van der Waals surface area contributed by atoms with E-state index in [1.165, 1.54) is 0 Å². The van der Waals surface area contributed by atoms with Gasteiger partial charge in [0.2, 0.25) is 5.95 Å². The lowest BCUT2D eigenvalue weighted by Gasteiger charge is -2.38. The molecule has 1 aromatic heterocycles. The van der Waals surface area contributed by atoms with Gasteiger partial charge in [-0.2, -0.15) is 4.39 Å². The topological polar surface area (TPSA) is 74.5 Å². The molecule has 0 atom stereocenters. The van der Waals surface area contributed by atoms with E-state index in [0.717, 1.165) is 37.4 Å². The maximum absolute atomic E-state index is 14.9. The molecule has 2 aliphatic heterocycles. The number of halogens is 2. The van der Waals surface area contributed by atoms with Crippen molar-refractivity contribution in [2.45, 2.75) is 26.3 Å². The number of pyridine rings is 1. The summed E-state index contributed by atoms with van der Waals surface area (Å²) in [5, 5.41) is 3.20. The van der Waals surface area contributed by atoms with Crippen LogP contribution in [0.15, 0.2) is 42.5 Å². The van der Waals surface area contributed by atoms with Crippen LogP contribution in [0.5, 0.6) is 0 Å². The number of nitrogens with one attached hydrogen (secondary N) is 1. The first-order valence-electron chi connectivity index (χ1n) is 12.0. The first-order chi connectivity index (χ1) is 16.8. The van der Waals surface area contributed by atoms with Gasteiger partial charge in [0.25, 0.3) is 5.91 Å². The zero-order chi connectivity index (χ0) is 24.7. The first kappa shape index (κ1) is 23.6. The molecule has 8 heteroatoms. The zero-order valence-corrected chi connectivity index (χ0v) is 20.7. The summed E-state index contributed by atoms with van der Waals surface area (Å²) in [6, 6.07) is 13.7. The third-order valence-electron chi connectivity index (χ3n) is 7.00. The molecule has 2 aliphatic rings. The van der Waals surface area contributed by atoms with Crippen LogP contribution in [0.2, 0.25) is 5.02 Å². The maximum Gasteiger partial charge on any atom is 0.251 e. The van der Waals surface area contributed by atoms with Crippen LogP contribution in [0, 0.1) is 5.95 Å². The summed E-state index contributed by atoms with van der Waals surface area (Å²) in [6.45, 7) is 9.01. The van der Waals surface area contributed by atoms with E-state index in [2.05, 4.69) is 33.9 Å². The van der Waals surface area contributed by atoms with E-state index in [1.807, 2.05) is 30.3 Å². The van der Waals surface area contributed by atoms with Gasteiger partial charge in [0.1, 0.15) is 5.82 Å². The second kappa shape index (κ2) is 9.47. The highest BCUT2D eigenvalue weighted by Crippen LogP contribution is 2.38. The van der Waals surface area contributed by atoms with Gasteiger partial charge in [0.15, 0.2) is 0 Å². The summed E-state index contributed by atoms with van der Waals surface area (Å²) in [6.07, 6.45) is 0.694. The Balaban J connectivity index is 1.45. The number of hydrogen-bond donors (Lipinski definition) is 2. The molecule has 0 aliphatic carbocycles. The monoisotopic (exact) mass is 493 g/mol. The Morgan fingerprint density at radius 1 is 1.00 bits per heavy atom. The van der Waals surface area contributed by atoms with Crippen molar-refractivity contribution in [1.82, 2.24) is 15.2 Å².